The Morgan fingerprint density at radius 3 is 2.37 bits per heavy atom. The van der Waals surface area contributed by atoms with Crippen molar-refractivity contribution in [3.05, 3.63) is 54.5 Å². The van der Waals surface area contributed by atoms with Crippen molar-refractivity contribution in [1.29, 1.82) is 0 Å². The number of furan rings is 1. The lowest BCUT2D eigenvalue weighted by atomic mass is 10.3. The number of anilines is 2. The second kappa shape index (κ2) is 7.96. The molecule has 0 aliphatic rings. The van der Waals surface area contributed by atoms with Crippen molar-refractivity contribution in [2.75, 3.05) is 24.3 Å². The fourth-order valence-corrected chi connectivity index (χ4v) is 3.26. The van der Waals surface area contributed by atoms with Crippen LogP contribution in [0.4, 0.5) is 11.6 Å². The predicted molar refractivity (Wildman–Crippen MR) is 98.4 cm³/mol. The van der Waals surface area contributed by atoms with E-state index in [9.17, 15) is 8.42 Å². The molecule has 27 heavy (non-hydrogen) atoms. The van der Waals surface area contributed by atoms with Crippen LogP contribution in [-0.2, 0) is 16.6 Å². The summed E-state index contributed by atoms with van der Waals surface area (Å²) in [5.74, 6) is 2.07. The minimum absolute atomic E-state index is 0.0157. The number of nitrogens with zero attached hydrogens (tertiary/aromatic N) is 2. The summed E-state index contributed by atoms with van der Waals surface area (Å²) in [7, 11) is -0.949. The van der Waals surface area contributed by atoms with Gasteiger partial charge in [0.15, 0.2) is 17.3 Å². The number of aromatic nitrogens is 2. The molecular weight excluding hydrogens is 372 g/mol. The van der Waals surface area contributed by atoms with Crippen LogP contribution in [0.5, 0.6) is 11.5 Å². The maximum absolute atomic E-state index is 12.5. The van der Waals surface area contributed by atoms with Gasteiger partial charge in [-0.05, 0) is 36.4 Å². The molecule has 1 aromatic carbocycles. The maximum atomic E-state index is 12.5. The Kier molecular flexibility index (Phi) is 5.46. The lowest BCUT2D eigenvalue weighted by Crippen LogP contribution is -2.15. The van der Waals surface area contributed by atoms with Crippen LogP contribution in [0.25, 0.3) is 0 Å². The number of nitrogens with one attached hydrogen (secondary N) is 2. The summed E-state index contributed by atoms with van der Waals surface area (Å²) in [6.45, 7) is 0.443. The minimum atomic E-state index is -3.85. The molecular formula is C17H18N4O5S. The third-order valence-corrected chi connectivity index (χ3v) is 4.95. The zero-order valence-electron chi connectivity index (χ0n) is 14.7. The van der Waals surface area contributed by atoms with E-state index in [2.05, 4.69) is 20.2 Å². The van der Waals surface area contributed by atoms with E-state index in [4.69, 9.17) is 13.9 Å². The van der Waals surface area contributed by atoms with Crippen molar-refractivity contribution < 1.29 is 22.3 Å². The van der Waals surface area contributed by atoms with Gasteiger partial charge < -0.3 is 19.2 Å². The average Bonchev–Trinajstić information content (AvgIpc) is 3.20. The van der Waals surface area contributed by atoms with Gasteiger partial charge in [0, 0.05) is 6.07 Å². The second-order valence-corrected chi connectivity index (χ2v) is 7.04. The second-order valence-electron chi connectivity index (χ2n) is 5.36. The van der Waals surface area contributed by atoms with E-state index in [1.807, 2.05) is 6.07 Å². The molecule has 0 aliphatic carbocycles. The quantitative estimate of drug-likeness (QED) is 0.603. The fraction of sp³-hybridized carbons (Fsp3) is 0.176. The van der Waals surface area contributed by atoms with Crippen LogP contribution < -0.4 is 19.5 Å². The number of methoxy groups -OCH3 is 2. The number of benzene rings is 1. The van der Waals surface area contributed by atoms with Crippen molar-refractivity contribution in [1.82, 2.24) is 10.2 Å². The van der Waals surface area contributed by atoms with Gasteiger partial charge in [-0.1, -0.05) is 0 Å². The smallest absolute Gasteiger partial charge is 0.263 e. The van der Waals surface area contributed by atoms with E-state index in [0.29, 0.717) is 23.9 Å². The van der Waals surface area contributed by atoms with Crippen molar-refractivity contribution in [2.24, 2.45) is 0 Å². The van der Waals surface area contributed by atoms with Crippen molar-refractivity contribution in [3.8, 4) is 11.5 Å². The van der Waals surface area contributed by atoms with Gasteiger partial charge in [0.25, 0.3) is 10.0 Å². The Morgan fingerprint density at radius 1 is 1.00 bits per heavy atom. The highest BCUT2D eigenvalue weighted by atomic mass is 32.2. The highest BCUT2D eigenvalue weighted by molar-refractivity contribution is 7.92. The molecule has 0 amide bonds. The first-order chi connectivity index (χ1) is 13.0. The van der Waals surface area contributed by atoms with Gasteiger partial charge in [0.2, 0.25) is 0 Å². The molecule has 2 N–H and O–H groups in total. The first-order valence-corrected chi connectivity index (χ1v) is 9.35. The molecule has 10 heteroatoms. The SMILES string of the molecule is COc1ccc(S(=O)(=O)Nc2ccc(NCc3ccco3)nn2)cc1OC. The third kappa shape index (κ3) is 4.47. The topological polar surface area (TPSA) is 116 Å². The van der Waals surface area contributed by atoms with Crippen LogP contribution in [0.1, 0.15) is 5.76 Å². The Bertz CT molecular complexity index is 989. The molecule has 0 radical (unpaired) electrons. The fourth-order valence-electron chi connectivity index (χ4n) is 2.25. The van der Waals surface area contributed by atoms with Crippen LogP contribution in [0.2, 0.25) is 0 Å². The molecule has 0 fully saturated rings. The molecule has 0 saturated carbocycles. The molecule has 0 spiro atoms. The number of hydrogen-bond donors (Lipinski definition) is 2. The Hall–Kier alpha value is -3.27. The normalized spacial score (nSPS) is 11.0. The molecule has 2 aromatic heterocycles. The summed E-state index contributed by atoms with van der Waals surface area (Å²) in [5, 5.41) is 10.8. The molecule has 3 rings (SSSR count). The molecule has 0 aliphatic heterocycles. The predicted octanol–water partition coefficient (Wildman–Crippen LogP) is 2.50. The number of ether oxygens (including phenoxy) is 2. The Labute approximate surface area is 156 Å². The zero-order chi connectivity index (χ0) is 19.3. The van der Waals surface area contributed by atoms with Gasteiger partial charge >= 0.3 is 0 Å². The number of sulfonamides is 1. The molecule has 3 aromatic rings. The van der Waals surface area contributed by atoms with E-state index < -0.39 is 10.0 Å². The lowest BCUT2D eigenvalue weighted by Gasteiger charge is -2.11. The van der Waals surface area contributed by atoms with Crippen LogP contribution in [0.15, 0.2) is 58.0 Å². The van der Waals surface area contributed by atoms with E-state index in [-0.39, 0.29) is 10.7 Å². The van der Waals surface area contributed by atoms with Crippen LogP contribution in [0, 0.1) is 0 Å². The lowest BCUT2D eigenvalue weighted by molar-refractivity contribution is 0.354. The maximum Gasteiger partial charge on any atom is 0.263 e. The standard InChI is InChI=1S/C17H18N4O5S/c1-24-14-6-5-13(10-15(14)25-2)27(22,23)21-17-8-7-16(19-20-17)18-11-12-4-3-9-26-12/h3-10H,11H2,1-2H3,(H,18,19)(H,20,21). The summed E-state index contributed by atoms with van der Waals surface area (Å²) in [6.07, 6.45) is 1.58. The molecule has 0 atom stereocenters. The van der Waals surface area contributed by atoms with Gasteiger partial charge in [0.05, 0.1) is 31.9 Å². The van der Waals surface area contributed by atoms with Gasteiger partial charge in [-0.2, -0.15) is 0 Å². The average molecular weight is 390 g/mol. The van der Waals surface area contributed by atoms with Gasteiger partial charge in [-0.15, -0.1) is 10.2 Å². The summed E-state index contributed by atoms with van der Waals surface area (Å²) in [5.41, 5.74) is 0. The molecule has 0 unspecified atom stereocenters. The molecule has 142 valence electrons. The first-order valence-electron chi connectivity index (χ1n) is 7.86. The molecule has 0 bridgehead atoms. The minimum Gasteiger partial charge on any atom is -0.493 e. The van der Waals surface area contributed by atoms with E-state index in [0.717, 1.165) is 5.76 Å². The van der Waals surface area contributed by atoms with E-state index in [1.165, 1.54) is 38.5 Å². The van der Waals surface area contributed by atoms with Crippen LogP contribution in [-0.4, -0.2) is 32.8 Å². The molecule has 2 heterocycles. The van der Waals surface area contributed by atoms with Gasteiger partial charge in [0.1, 0.15) is 11.6 Å². The summed E-state index contributed by atoms with van der Waals surface area (Å²) in [4.78, 5) is 0.0157. The Balaban J connectivity index is 1.70. The third-order valence-electron chi connectivity index (χ3n) is 3.59. The highest BCUT2D eigenvalue weighted by Crippen LogP contribution is 2.30. The van der Waals surface area contributed by atoms with Crippen molar-refractivity contribution in [3.63, 3.8) is 0 Å². The van der Waals surface area contributed by atoms with E-state index >= 15 is 0 Å². The number of rotatable bonds is 8. The molecule has 0 saturated heterocycles. The monoisotopic (exact) mass is 390 g/mol. The van der Waals surface area contributed by atoms with Crippen molar-refractivity contribution >= 4 is 21.7 Å². The van der Waals surface area contributed by atoms with Crippen molar-refractivity contribution in [2.45, 2.75) is 11.4 Å². The summed E-state index contributed by atoms with van der Waals surface area (Å²) < 4.78 is 42.9. The first kappa shape index (κ1) is 18.5. The van der Waals surface area contributed by atoms with Gasteiger partial charge in [-0.3, -0.25) is 4.72 Å². The van der Waals surface area contributed by atoms with Gasteiger partial charge in [-0.25, -0.2) is 8.42 Å². The highest BCUT2D eigenvalue weighted by Gasteiger charge is 2.18. The van der Waals surface area contributed by atoms with E-state index in [1.54, 1.807) is 18.4 Å². The largest absolute Gasteiger partial charge is 0.493 e. The summed E-state index contributed by atoms with van der Waals surface area (Å²) in [6, 6.07) is 11.0. The number of hydrogen-bond acceptors (Lipinski definition) is 8. The van der Waals surface area contributed by atoms with Crippen LogP contribution >= 0.6 is 0 Å². The molecule has 9 nitrogen and oxygen atoms in total. The zero-order valence-corrected chi connectivity index (χ0v) is 15.5. The summed E-state index contributed by atoms with van der Waals surface area (Å²) >= 11 is 0. The Morgan fingerprint density at radius 2 is 1.74 bits per heavy atom. The van der Waals surface area contributed by atoms with Crippen LogP contribution in [0.3, 0.4) is 0 Å².